The van der Waals surface area contributed by atoms with Gasteiger partial charge in [-0.2, -0.15) is 0 Å². The molecule has 31 heavy (non-hydrogen) atoms. The van der Waals surface area contributed by atoms with Gasteiger partial charge in [0, 0.05) is 21.2 Å². The molecule has 3 aromatic carbocycles. The predicted octanol–water partition coefficient (Wildman–Crippen LogP) is 4.25. The van der Waals surface area contributed by atoms with Gasteiger partial charge in [-0.05, 0) is 54.1 Å². The minimum absolute atomic E-state index is 0.335. The fraction of sp³-hybridized carbons (Fsp3) is 0.0870. The maximum absolute atomic E-state index is 12.1. The molecule has 3 aromatic rings. The summed E-state index contributed by atoms with van der Waals surface area (Å²) in [5.41, 5.74) is 6.24. The SMILES string of the molecule is O=C(COC(=O)c1ccc(CSc2ccc(Cl)cc2)cc1)NNC(=O)c1ccccc1. The maximum Gasteiger partial charge on any atom is 0.338 e. The molecule has 2 amide bonds. The number of esters is 1. The summed E-state index contributed by atoms with van der Waals surface area (Å²) >= 11 is 7.54. The number of hydrogen-bond acceptors (Lipinski definition) is 5. The molecule has 0 aliphatic heterocycles. The Balaban J connectivity index is 1.41. The van der Waals surface area contributed by atoms with Crippen molar-refractivity contribution in [2.24, 2.45) is 0 Å². The second kappa shape index (κ2) is 11.2. The molecule has 0 radical (unpaired) electrons. The topological polar surface area (TPSA) is 84.5 Å². The molecule has 0 fully saturated rings. The van der Waals surface area contributed by atoms with E-state index in [1.165, 1.54) is 0 Å². The maximum atomic E-state index is 12.1. The zero-order valence-electron chi connectivity index (χ0n) is 16.3. The van der Waals surface area contributed by atoms with Crippen molar-refractivity contribution < 1.29 is 19.1 Å². The van der Waals surface area contributed by atoms with Crippen molar-refractivity contribution in [1.82, 2.24) is 10.9 Å². The molecule has 0 aliphatic carbocycles. The molecule has 6 nitrogen and oxygen atoms in total. The molecule has 0 atom stereocenters. The average molecular weight is 455 g/mol. The van der Waals surface area contributed by atoms with Gasteiger partial charge in [-0.15, -0.1) is 11.8 Å². The second-order valence-corrected chi connectivity index (χ2v) is 7.87. The highest BCUT2D eigenvalue weighted by Gasteiger charge is 2.11. The summed E-state index contributed by atoms with van der Waals surface area (Å²) in [5.74, 6) is -0.997. The molecule has 0 spiro atoms. The first kappa shape index (κ1) is 22.4. The first-order valence-corrected chi connectivity index (χ1v) is 10.7. The van der Waals surface area contributed by atoms with E-state index in [2.05, 4.69) is 10.9 Å². The summed E-state index contributed by atoms with van der Waals surface area (Å²) in [6.45, 7) is -0.512. The molecule has 158 valence electrons. The third-order valence-corrected chi connectivity index (χ3v) is 5.43. The Kier molecular flexibility index (Phi) is 8.09. The Labute approximate surface area is 188 Å². The standard InChI is InChI=1S/C23H19ClN2O4S/c24-19-10-12-20(13-11-19)31-15-16-6-8-18(9-7-16)23(29)30-14-21(27)25-26-22(28)17-4-2-1-3-5-17/h1-13H,14-15H2,(H,25,27)(H,26,28). The van der Waals surface area contributed by atoms with Crippen LogP contribution in [0.15, 0.2) is 83.8 Å². The summed E-state index contributed by atoms with van der Waals surface area (Å²) in [4.78, 5) is 36.9. The van der Waals surface area contributed by atoms with E-state index in [0.29, 0.717) is 16.1 Å². The lowest BCUT2D eigenvalue weighted by atomic mass is 10.1. The van der Waals surface area contributed by atoms with Gasteiger partial charge in [0.25, 0.3) is 11.8 Å². The van der Waals surface area contributed by atoms with Crippen LogP contribution < -0.4 is 10.9 Å². The van der Waals surface area contributed by atoms with Crippen molar-refractivity contribution in [3.8, 4) is 0 Å². The van der Waals surface area contributed by atoms with Crippen molar-refractivity contribution in [3.05, 3.63) is 101 Å². The lowest BCUT2D eigenvalue weighted by molar-refractivity contribution is -0.125. The Morgan fingerprint density at radius 2 is 1.48 bits per heavy atom. The van der Waals surface area contributed by atoms with Crippen molar-refractivity contribution in [3.63, 3.8) is 0 Å². The minimum atomic E-state index is -0.645. The van der Waals surface area contributed by atoms with E-state index in [1.807, 2.05) is 36.4 Å². The number of halogens is 1. The molecule has 0 saturated heterocycles. The molecule has 0 unspecified atom stereocenters. The van der Waals surface area contributed by atoms with Gasteiger partial charge in [0.15, 0.2) is 6.61 Å². The summed E-state index contributed by atoms with van der Waals surface area (Å²) in [6, 6.07) is 23.0. The second-order valence-electron chi connectivity index (χ2n) is 6.38. The van der Waals surface area contributed by atoms with Crippen molar-refractivity contribution >= 4 is 41.1 Å². The Hall–Kier alpha value is -3.29. The summed E-state index contributed by atoms with van der Waals surface area (Å²) in [6.07, 6.45) is 0. The van der Waals surface area contributed by atoms with E-state index in [4.69, 9.17) is 16.3 Å². The van der Waals surface area contributed by atoms with E-state index < -0.39 is 24.4 Å². The van der Waals surface area contributed by atoms with Crippen LogP contribution in [-0.4, -0.2) is 24.4 Å². The van der Waals surface area contributed by atoms with E-state index in [9.17, 15) is 14.4 Å². The number of benzene rings is 3. The zero-order chi connectivity index (χ0) is 22.1. The van der Waals surface area contributed by atoms with Crippen LogP contribution in [0.25, 0.3) is 0 Å². The van der Waals surface area contributed by atoms with Gasteiger partial charge in [-0.25, -0.2) is 4.79 Å². The van der Waals surface area contributed by atoms with Crippen LogP contribution in [0.2, 0.25) is 5.02 Å². The minimum Gasteiger partial charge on any atom is -0.452 e. The lowest BCUT2D eigenvalue weighted by Crippen LogP contribution is -2.43. The zero-order valence-corrected chi connectivity index (χ0v) is 17.9. The van der Waals surface area contributed by atoms with Crippen LogP contribution >= 0.6 is 23.4 Å². The summed E-state index contributed by atoms with van der Waals surface area (Å²) in [5, 5.41) is 0.694. The van der Waals surface area contributed by atoms with Crippen LogP contribution in [0.5, 0.6) is 0 Å². The number of thioether (sulfide) groups is 1. The first-order valence-electron chi connectivity index (χ1n) is 9.30. The van der Waals surface area contributed by atoms with Crippen LogP contribution in [0.1, 0.15) is 26.3 Å². The van der Waals surface area contributed by atoms with Gasteiger partial charge in [0.1, 0.15) is 0 Å². The van der Waals surface area contributed by atoms with E-state index in [1.54, 1.807) is 54.2 Å². The van der Waals surface area contributed by atoms with Gasteiger partial charge >= 0.3 is 5.97 Å². The molecule has 0 aliphatic rings. The smallest absolute Gasteiger partial charge is 0.338 e. The van der Waals surface area contributed by atoms with Crippen molar-refractivity contribution in [1.29, 1.82) is 0 Å². The number of hydrazine groups is 1. The molecular formula is C23H19ClN2O4S. The Morgan fingerprint density at radius 3 is 2.16 bits per heavy atom. The number of carbonyl (C=O) groups is 3. The normalized spacial score (nSPS) is 10.2. The fourth-order valence-electron chi connectivity index (χ4n) is 2.47. The average Bonchev–Trinajstić information content (AvgIpc) is 2.81. The van der Waals surface area contributed by atoms with Gasteiger partial charge in [0.2, 0.25) is 0 Å². The van der Waals surface area contributed by atoms with Gasteiger partial charge < -0.3 is 4.74 Å². The molecule has 0 bridgehead atoms. The number of ether oxygens (including phenoxy) is 1. The highest BCUT2D eigenvalue weighted by Crippen LogP contribution is 2.24. The first-order chi connectivity index (χ1) is 15.0. The summed E-state index contributed by atoms with van der Waals surface area (Å²) < 4.78 is 4.99. The molecule has 0 saturated carbocycles. The van der Waals surface area contributed by atoms with Crippen molar-refractivity contribution in [2.75, 3.05) is 6.61 Å². The molecule has 0 heterocycles. The van der Waals surface area contributed by atoms with E-state index in [-0.39, 0.29) is 0 Å². The van der Waals surface area contributed by atoms with Gasteiger partial charge in [-0.3, -0.25) is 20.4 Å². The quantitative estimate of drug-likeness (QED) is 0.317. The van der Waals surface area contributed by atoms with Crippen LogP contribution in [-0.2, 0) is 15.3 Å². The van der Waals surface area contributed by atoms with E-state index in [0.717, 1.165) is 16.2 Å². The van der Waals surface area contributed by atoms with Gasteiger partial charge in [-0.1, -0.05) is 41.9 Å². The number of rotatable bonds is 7. The third-order valence-electron chi connectivity index (χ3n) is 4.09. The fourth-order valence-corrected chi connectivity index (χ4v) is 3.45. The van der Waals surface area contributed by atoms with Crippen molar-refractivity contribution in [2.45, 2.75) is 10.6 Å². The monoisotopic (exact) mass is 454 g/mol. The van der Waals surface area contributed by atoms with Gasteiger partial charge in [0.05, 0.1) is 5.56 Å². The number of amides is 2. The predicted molar refractivity (Wildman–Crippen MR) is 120 cm³/mol. The van der Waals surface area contributed by atoms with Crippen LogP contribution in [0.3, 0.4) is 0 Å². The largest absolute Gasteiger partial charge is 0.452 e. The molecule has 3 rings (SSSR count). The molecule has 0 aromatic heterocycles. The highest BCUT2D eigenvalue weighted by atomic mass is 35.5. The number of nitrogens with one attached hydrogen (secondary N) is 2. The Morgan fingerprint density at radius 1 is 0.806 bits per heavy atom. The Bertz CT molecular complexity index is 1040. The number of carbonyl (C=O) groups excluding carboxylic acids is 3. The van der Waals surface area contributed by atoms with Crippen LogP contribution in [0, 0.1) is 0 Å². The number of hydrogen-bond donors (Lipinski definition) is 2. The molecule has 8 heteroatoms. The highest BCUT2D eigenvalue weighted by molar-refractivity contribution is 7.98. The molecule has 2 N–H and O–H groups in total. The molecular weight excluding hydrogens is 436 g/mol. The lowest BCUT2D eigenvalue weighted by Gasteiger charge is -2.08. The summed E-state index contributed by atoms with van der Waals surface area (Å²) in [7, 11) is 0. The third kappa shape index (κ3) is 7.16. The van der Waals surface area contributed by atoms with Crippen LogP contribution in [0.4, 0.5) is 0 Å². The van der Waals surface area contributed by atoms with E-state index >= 15 is 0 Å².